The van der Waals surface area contributed by atoms with Gasteiger partial charge in [0, 0.05) is 5.69 Å². The van der Waals surface area contributed by atoms with Gasteiger partial charge in [-0.05, 0) is 47.5 Å². The van der Waals surface area contributed by atoms with Crippen LogP contribution >= 0.6 is 0 Å². The van der Waals surface area contributed by atoms with Gasteiger partial charge in [0.15, 0.2) is 0 Å². The molecule has 4 rings (SSSR count). The van der Waals surface area contributed by atoms with E-state index in [1.54, 1.807) is 7.11 Å². The van der Waals surface area contributed by atoms with Crippen LogP contribution in [0.3, 0.4) is 0 Å². The van der Waals surface area contributed by atoms with E-state index in [1.807, 2.05) is 42.5 Å². The molecule has 0 aromatic heterocycles. The minimum atomic E-state index is -0.476. The Morgan fingerprint density at radius 2 is 1.45 bits per heavy atom. The summed E-state index contributed by atoms with van der Waals surface area (Å²) in [7, 11) is 1.69. The maximum absolute atomic E-state index is 10.5. The van der Waals surface area contributed by atoms with Gasteiger partial charge in [0.2, 0.25) is 0 Å². The Morgan fingerprint density at radius 1 is 0.839 bits per heavy atom. The summed E-state index contributed by atoms with van der Waals surface area (Å²) in [5.74, 6) is 1.67. The molecule has 0 radical (unpaired) electrons. The average Bonchev–Trinajstić information content (AvgIpc) is 2.84. The molecule has 3 aromatic rings. The van der Waals surface area contributed by atoms with Gasteiger partial charge in [-0.3, -0.25) is 0 Å². The second-order valence-electron chi connectivity index (χ2n) is 7.99. The van der Waals surface area contributed by atoms with E-state index >= 15 is 0 Å². The number of benzene rings is 3. The van der Waals surface area contributed by atoms with Gasteiger partial charge in [0.25, 0.3) is 0 Å². The van der Waals surface area contributed by atoms with Crippen LogP contribution in [0.5, 0.6) is 11.5 Å². The highest BCUT2D eigenvalue weighted by molar-refractivity contribution is 5.63. The van der Waals surface area contributed by atoms with Crippen LogP contribution in [0.1, 0.15) is 0 Å². The summed E-state index contributed by atoms with van der Waals surface area (Å²) in [6, 6.07) is 26.5. The normalized spacial score (nSPS) is 15.5. The molecule has 0 spiro atoms. The van der Waals surface area contributed by atoms with Gasteiger partial charge in [-0.25, -0.2) is 0 Å². The first-order chi connectivity index (χ1) is 15.2. The van der Waals surface area contributed by atoms with Gasteiger partial charge in [-0.1, -0.05) is 42.5 Å². The van der Waals surface area contributed by atoms with Crippen LogP contribution in [0, 0.1) is 0 Å². The molecular formula is C26H31N2O3+. The summed E-state index contributed by atoms with van der Waals surface area (Å²) >= 11 is 0. The van der Waals surface area contributed by atoms with Crippen LogP contribution in [0.4, 0.5) is 5.69 Å². The third-order valence-corrected chi connectivity index (χ3v) is 5.84. The first-order valence-electron chi connectivity index (χ1n) is 10.9. The SMILES string of the molecule is COc1ccc(N2CC[NH+](C[C@H](O)COc3ccc(-c4ccccc4)cc3)CC2)cc1. The number of nitrogens with one attached hydrogen (secondary N) is 1. The van der Waals surface area contributed by atoms with E-state index in [-0.39, 0.29) is 0 Å². The molecule has 5 heteroatoms. The van der Waals surface area contributed by atoms with Crippen molar-refractivity contribution >= 4 is 5.69 Å². The number of nitrogens with zero attached hydrogens (tertiary/aromatic N) is 1. The molecule has 0 amide bonds. The molecule has 1 aliphatic rings. The van der Waals surface area contributed by atoms with E-state index in [9.17, 15) is 5.11 Å². The van der Waals surface area contributed by atoms with E-state index in [1.165, 1.54) is 16.2 Å². The lowest BCUT2D eigenvalue weighted by molar-refractivity contribution is -0.903. The molecule has 0 bridgehead atoms. The number of quaternary nitrogens is 1. The van der Waals surface area contributed by atoms with Gasteiger partial charge >= 0.3 is 0 Å². The largest absolute Gasteiger partial charge is 0.497 e. The summed E-state index contributed by atoms with van der Waals surface area (Å²) < 4.78 is 11.1. The molecule has 1 aliphatic heterocycles. The number of ether oxygens (including phenoxy) is 2. The summed E-state index contributed by atoms with van der Waals surface area (Å²) in [4.78, 5) is 3.81. The zero-order chi connectivity index (χ0) is 21.5. The van der Waals surface area contributed by atoms with E-state index in [0.717, 1.165) is 43.2 Å². The lowest BCUT2D eigenvalue weighted by atomic mass is 10.1. The standard InChI is InChI=1S/C26H30N2O3/c1-30-25-13-9-23(10-14-25)28-17-15-27(16-18-28)19-24(29)20-31-26-11-7-22(8-12-26)21-5-3-2-4-6-21/h2-14,24,29H,15-20H2,1H3/p+1/t24-/m0/s1. The molecule has 1 heterocycles. The predicted octanol–water partition coefficient (Wildman–Crippen LogP) is 2.51. The van der Waals surface area contributed by atoms with Crippen LogP contribution in [-0.4, -0.2) is 57.7 Å². The highest BCUT2D eigenvalue weighted by atomic mass is 16.5. The van der Waals surface area contributed by atoms with Crippen LogP contribution < -0.4 is 19.3 Å². The van der Waals surface area contributed by atoms with Gasteiger partial charge < -0.3 is 24.4 Å². The van der Waals surface area contributed by atoms with E-state index in [4.69, 9.17) is 9.47 Å². The summed E-state index contributed by atoms with van der Waals surface area (Å²) in [5, 5.41) is 10.5. The maximum atomic E-state index is 10.5. The van der Waals surface area contributed by atoms with Crippen molar-refractivity contribution in [2.75, 3.05) is 51.3 Å². The topological polar surface area (TPSA) is 46.4 Å². The summed E-state index contributed by atoms with van der Waals surface area (Å²) in [5.41, 5.74) is 3.57. The number of hydrogen-bond donors (Lipinski definition) is 2. The predicted molar refractivity (Wildman–Crippen MR) is 124 cm³/mol. The number of anilines is 1. The van der Waals surface area contributed by atoms with Crippen molar-refractivity contribution in [2.45, 2.75) is 6.10 Å². The monoisotopic (exact) mass is 419 g/mol. The first kappa shape index (κ1) is 21.2. The van der Waals surface area contributed by atoms with Crippen LogP contribution in [0.2, 0.25) is 0 Å². The number of methoxy groups -OCH3 is 1. The molecule has 1 fully saturated rings. The van der Waals surface area contributed by atoms with Crippen LogP contribution in [0.15, 0.2) is 78.9 Å². The second-order valence-corrected chi connectivity index (χ2v) is 7.99. The van der Waals surface area contributed by atoms with Crippen molar-refractivity contribution in [3.05, 3.63) is 78.9 Å². The number of rotatable bonds is 8. The zero-order valence-corrected chi connectivity index (χ0v) is 18.0. The highest BCUT2D eigenvalue weighted by Gasteiger charge is 2.23. The molecule has 5 nitrogen and oxygen atoms in total. The summed E-state index contributed by atoms with van der Waals surface area (Å²) in [6.07, 6.45) is -0.476. The Kier molecular flexibility index (Phi) is 7.07. The molecule has 0 unspecified atom stereocenters. The Morgan fingerprint density at radius 3 is 2.10 bits per heavy atom. The molecular weight excluding hydrogens is 388 g/mol. The van der Waals surface area contributed by atoms with E-state index in [2.05, 4.69) is 41.3 Å². The van der Waals surface area contributed by atoms with E-state index in [0.29, 0.717) is 13.2 Å². The molecule has 1 atom stereocenters. The fourth-order valence-electron chi connectivity index (χ4n) is 4.04. The molecule has 0 saturated carbocycles. The smallest absolute Gasteiger partial charge is 0.137 e. The second kappa shape index (κ2) is 10.3. The Balaban J connectivity index is 1.20. The van der Waals surface area contributed by atoms with Crippen molar-refractivity contribution in [3.63, 3.8) is 0 Å². The van der Waals surface area contributed by atoms with Crippen molar-refractivity contribution in [2.24, 2.45) is 0 Å². The fraction of sp³-hybridized carbons (Fsp3) is 0.308. The minimum absolute atomic E-state index is 0.316. The lowest BCUT2D eigenvalue weighted by Crippen LogP contribution is -3.16. The molecule has 3 aromatic carbocycles. The molecule has 162 valence electrons. The number of hydrogen-bond acceptors (Lipinski definition) is 4. The zero-order valence-electron chi connectivity index (χ0n) is 18.0. The van der Waals surface area contributed by atoms with Gasteiger partial charge in [0.1, 0.15) is 30.8 Å². The van der Waals surface area contributed by atoms with Crippen LogP contribution in [0.25, 0.3) is 11.1 Å². The van der Waals surface area contributed by atoms with Crippen molar-refractivity contribution in [3.8, 4) is 22.6 Å². The maximum Gasteiger partial charge on any atom is 0.137 e. The Bertz CT molecular complexity index is 921. The van der Waals surface area contributed by atoms with Crippen molar-refractivity contribution in [1.82, 2.24) is 0 Å². The minimum Gasteiger partial charge on any atom is -0.497 e. The van der Waals surface area contributed by atoms with Crippen molar-refractivity contribution in [1.29, 1.82) is 0 Å². The highest BCUT2D eigenvalue weighted by Crippen LogP contribution is 2.22. The number of aliphatic hydroxyl groups is 1. The third kappa shape index (κ3) is 5.78. The third-order valence-electron chi connectivity index (χ3n) is 5.84. The average molecular weight is 420 g/mol. The van der Waals surface area contributed by atoms with Gasteiger partial charge in [0.05, 0.1) is 33.3 Å². The van der Waals surface area contributed by atoms with Crippen LogP contribution in [-0.2, 0) is 0 Å². The van der Waals surface area contributed by atoms with Crippen molar-refractivity contribution < 1.29 is 19.5 Å². The molecule has 0 aliphatic carbocycles. The Hall–Kier alpha value is -3.02. The molecule has 1 saturated heterocycles. The quantitative estimate of drug-likeness (QED) is 0.589. The number of aliphatic hydroxyl groups excluding tert-OH is 1. The van der Waals surface area contributed by atoms with Gasteiger partial charge in [-0.15, -0.1) is 0 Å². The van der Waals surface area contributed by atoms with E-state index < -0.39 is 6.10 Å². The fourth-order valence-corrected chi connectivity index (χ4v) is 4.04. The lowest BCUT2D eigenvalue weighted by Gasteiger charge is -2.34. The molecule has 2 N–H and O–H groups in total. The summed E-state index contributed by atoms with van der Waals surface area (Å²) in [6.45, 7) is 5.00. The first-order valence-corrected chi connectivity index (χ1v) is 10.9. The van der Waals surface area contributed by atoms with Gasteiger partial charge in [-0.2, -0.15) is 0 Å². The molecule has 31 heavy (non-hydrogen) atoms. The Labute approximate surface area is 184 Å². The number of piperazine rings is 1.